The summed E-state index contributed by atoms with van der Waals surface area (Å²) in [4.78, 5) is 2.51. The van der Waals surface area contributed by atoms with E-state index < -0.39 is 0 Å². The summed E-state index contributed by atoms with van der Waals surface area (Å²) in [5.74, 6) is 0. The van der Waals surface area contributed by atoms with E-state index in [4.69, 9.17) is 0 Å². The molecular formula is C15H23BrN2. The van der Waals surface area contributed by atoms with E-state index in [0.29, 0.717) is 12.1 Å². The van der Waals surface area contributed by atoms with Gasteiger partial charge in [0.05, 0.1) is 0 Å². The quantitative estimate of drug-likeness (QED) is 0.900. The van der Waals surface area contributed by atoms with E-state index in [9.17, 15) is 0 Å². The topological polar surface area (TPSA) is 15.3 Å². The van der Waals surface area contributed by atoms with Gasteiger partial charge in [0, 0.05) is 28.8 Å². The summed E-state index contributed by atoms with van der Waals surface area (Å²) < 4.78 is 1.22. The number of hydrogen-bond donors (Lipinski definition) is 1. The highest BCUT2D eigenvalue weighted by molar-refractivity contribution is 9.10. The molecule has 0 spiro atoms. The summed E-state index contributed by atoms with van der Waals surface area (Å²) in [6.45, 7) is 8.86. The zero-order valence-electron chi connectivity index (χ0n) is 11.5. The van der Waals surface area contributed by atoms with Crippen LogP contribution >= 0.6 is 15.9 Å². The summed E-state index contributed by atoms with van der Waals surface area (Å²) >= 11 is 3.72. The first-order chi connectivity index (χ1) is 8.63. The fraction of sp³-hybridized carbons (Fsp3) is 0.600. The Kier molecular flexibility index (Phi) is 4.68. The van der Waals surface area contributed by atoms with Gasteiger partial charge in [0.2, 0.25) is 0 Å². The second kappa shape index (κ2) is 6.07. The predicted molar refractivity (Wildman–Crippen MR) is 82.3 cm³/mol. The van der Waals surface area contributed by atoms with Gasteiger partial charge in [0.15, 0.2) is 0 Å². The van der Waals surface area contributed by atoms with E-state index in [1.165, 1.54) is 35.1 Å². The molecule has 0 amide bonds. The zero-order valence-corrected chi connectivity index (χ0v) is 13.1. The Balaban J connectivity index is 2.19. The largest absolute Gasteiger partial charge is 0.369 e. The van der Waals surface area contributed by atoms with E-state index in [1.54, 1.807) is 0 Å². The van der Waals surface area contributed by atoms with Crippen LogP contribution in [0.4, 0.5) is 5.69 Å². The van der Waals surface area contributed by atoms with Gasteiger partial charge in [0.25, 0.3) is 0 Å². The van der Waals surface area contributed by atoms with Crippen LogP contribution in [0.3, 0.4) is 0 Å². The molecule has 1 aromatic rings. The van der Waals surface area contributed by atoms with E-state index in [-0.39, 0.29) is 0 Å². The minimum atomic E-state index is 0.398. The molecule has 2 unspecified atom stereocenters. The van der Waals surface area contributed by atoms with Crippen LogP contribution in [-0.4, -0.2) is 19.1 Å². The Morgan fingerprint density at radius 1 is 1.50 bits per heavy atom. The summed E-state index contributed by atoms with van der Waals surface area (Å²) in [6.07, 6.45) is 2.63. The molecule has 1 heterocycles. The van der Waals surface area contributed by atoms with Gasteiger partial charge in [-0.25, -0.2) is 0 Å². The van der Waals surface area contributed by atoms with E-state index in [2.05, 4.69) is 65.1 Å². The second-order valence-corrected chi connectivity index (χ2v) is 6.02. The van der Waals surface area contributed by atoms with Gasteiger partial charge in [-0.1, -0.05) is 28.9 Å². The Labute approximate surface area is 119 Å². The van der Waals surface area contributed by atoms with Crippen LogP contribution < -0.4 is 10.2 Å². The van der Waals surface area contributed by atoms with Crippen molar-refractivity contribution in [2.24, 2.45) is 0 Å². The third-order valence-corrected chi connectivity index (χ3v) is 4.53. The van der Waals surface area contributed by atoms with Gasteiger partial charge in [0.1, 0.15) is 0 Å². The first-order valence-electron chi connectivity index (χ1n) is 6.93. The number of halogens is 1. The van der Waals surface area contributed by atoms with Crippen LogP contribution in [0.2, 0.25) is 0 Å². The second-order valence-electron chi connectivity index (χ2n) is 5.17. The van der Waals surface area contributed by atoms with Gasteiger partial charge < -0.3 is 10.2 Å². The molecule has 1 N–H and O–H groups in total. The molecule has 0 radical (unpaired) electrons. The molecular weight excluding hydrogens is 288 g/mol. The van der Waals surface area contributed by atoms with Gasteiger partial charge in [-0.3, -0.25) is 0 Å². The standard InChI is InChI=1S/C15H23BrN2/c1-4-17-12(3)14-8-7-13(10-15(14)16)18-9-5-6-11(18)2/h7-8,10-12,17H,4-6,9H2,1-3H3. The summed E-state index contributed by atoms with van der Waals surface area (Å²) in [6, 6.07) is 7.85. The molecule has 2 rings (SSSR count). The van der Waals surface area contributed by atoms with Crippen molar-refractivity contribution >= 4 is 21.6 Å². The molecule has 0 saturated carbocycles. The Bertz CT molecular complexity index is 405. The number of nitrogens with zero attached hydrogens (tertiary/aromatic N) is 1. The number of hydrogen-bond acceptors (Lipinski definition) is 2. The van der Waals surface area contributed by atoms with Gasteiger partial charge >= 0.3 is 0 Å². The van der Waals surface area contributed by atoms with Crippen molar-refractivity contribution in [2.45, 2.75) is 45.7 Å². The van der Waals surface area contributed by atoms with Crippen LogP contribution in [0.25, 0.3) is 0 Å². The Morgan fingerprint density at radius 2 is 2.28 bits per heavy atom. The van der Waals surface area contributed by atoms with Crippen molar-refractivity contribution < 1.29 is 0 Å². The van der Waals surface area contributed by atoms with E-state index in [0.717, 1.165) is 6.54 Å². The van der Waals surface area contributed by atoms with Crippen LogP contribution in [0.5, 0.6) is 0 Å². The molecule has 2 atom stereocenters. The van der Waals surface area contributed by atoms with E-state index in [1.807, 2.05) is 0 Å². The minimum Gasteiger partial charge on any atom is -0.369 e. The Morgan fingerprint density at radius 3 is 2.83 bits per heavy atom. The van der Waals surface area contributed by atoms with Crippen LogP contribution in [0.1, 0.15) is 45.2 Å². The molecule has 0 aliphatic carbocycles. The van der Waals surface area contributed by atoms with Crippen LogP contribution in [0.15, 0.2) is 22.7 Å². The lowest BCUT2D eigenvalue weighted by Gasteiger charge is -2.25. The molecule has 0 bridgehead atoms. The first kappa shape index (κ1) is 13.9. The zero-order chi connectivity index (χ0) is 13.1. The number of anilines is 1. The molecule has 1 aliphatic heterocycles. The van der Waals surface area contributed by atoms with Gasteiger partial charge in [-0.2, -0.15) is 0 Å². The first-order valence-corrected chi connectivity index (χ1v) is 7.72. The molecule has 2 nitrogen and oxygen atoms in total. The van der Waals surface area contributed by atoms with Crippen molar-refractivity contribution in [1.29, 1.82) is 0 Å². The normalized spacial score (nSPS) is 21.3. The fourth-order valence-corrected chi connectivity index (χ4v) is 3.49. The molecule has 1 fully saturated rings. The van der Waals surface area contributed by atoms with Crippen LogP contribution in [-0.2, 0) is 0 Å². The van der Waals surface area contributed by atoms with Gasteiger partial charge in [-0.05, 0) is 50.9 Å². The summed E-state index contributed by atoms with van der Waals surface area (Å²) in [5, 5.41) is 3.46. The molecule has 0 aromatic heterocycles. The lowest BCUT2D eigenvalue weighted by Crippen LogP contribution is -2.26. The highest BCUT2D eigenvalue weighted by Gasteiger charge is 2.21. The lowest BCUT2D eigenvalue weighted by molar-refractivity contribution is 0.596. The average molecular weight is 311 g/mol. The third-order valence-electron chi connectivity index (χ3n) is 3.85. The monoisotopic (exact) mass is 310 g/mol. The van der Waals surface area contributed by atoms with Crippen molar-refractivity contribution in [1.82, 2.24) is 5.32 Å². The highest BCUT2D eigenvalue weighted by atomic mass is 79.9. The number of nitrogens with one attached hydrogen (secondary N) is 1. The van der Waals surface area contributed by atoms with Crippen molar-refractivity contribution in [3.05, 3.63) is 28.2 Å². The smallest absolute Gasteiger partial charge is 0.0380 e. The third kappa shape index (κ3) is 2.89. The van der Waals surface area contributed by atoms with Crippen molar-refractivity contribution in [2.75, 3.05) is 18.0 Å². The molecule has 3 heteroatoms. The van der Waals surface area contributed by atoms with E-state index >= 15 is 0 Å². The lowest BCUT2D eigenvalue weighted by atomic mass is 10.1. The maximum atomic E-state index is 3.72. The SMILES string of the molecule is CCNC(C)c1ccc(N2CCCC2C)cc1Br. The van der Waals surface area contributed by atoms with Gasteiger partial charge in [-0.15, -0.1) is 0 Å². The summed E-state index contributed by atoms with van der Waals surface area (Å²) in [7, 11) is 0. The average Bonchev–Trinajstić information content (AvgIpc) is 2.75. The fourth-order valence-electron chi connectivity index (χ4n) is 2.78. The van der Waals surface area contributed by atoms with Crippen LogP contribution in [0, 0.1) is 0 Å². The maximum absolute atomic E-state index is 3.72. The molecule has 1 saturated heterocycles. The van der Waals surface area contributed by atoms with Crippen molar-refractivity contribution in [3.63, 3.8) is 0 Å². The maximum Gasteiger partial charge on any atom is 0.0380 e. The minimum absolute atomic E-state index is 0.398. The summed E-state index contributed by atoms with van der Waals surface area (Å²) in [5.41, 5.74) is 2.69. The predicted octanol–water partition coefficient (Wildman–Crippen LogP) is 4.11. The molecule has 100 valence electrons. The molecule has 1 aliphatic rings. The number of benzene rings is 1. The number of rotatable bonds is 4. The molecule has 18 heavy (non-hydrogen) atoms. The van der Waals surface area contributed by atoms with Crippen molar-refractivity contribution in [3.8, 4) is 0 Å². The molecule has 1 aromatic carbocycles. The Hall–Kier alpha value is -0.540. The highest BCUT2D eigenvalue weighted by Crippen LogP contribution is 2.31.